The van der Waals surface area contributed by atoms with Crippen LogP contribution in [0.1, 0.15) is 20.8 Å². The van der Waals surface area contributed by atoms with Crippen molar-refractivity contribution in [3.8, 4) is 0 Å². The first-order valence-electron chi connectivity index (χ1n) is 6.31. The molecule has 0 aliphatic carbocycles. The third-order valence-electron chi connectivity index (χ3n) is 3.17. The van der Waals surface area contributed by atoms with E-state index < -0.39 is 47.3 Å². The van der Waals surface area contributed by atoms with Crippen molar-refractivity contribution in [3.63, 3.8) is 0 Å². The molecule has 2 aliphatic heterocycles. The Balaban J connectivity index is 2.42. The zero-order valence-electron chi connectivity index (χ0n) is 11.8. The van der Waals surface area contributed by atoms with E-state index in [1.807, 2.05) is 0 Å². The summed E-state index contributed by atoms with van der Waals surface area (Å²) in [5, 5.41) is 0. The summed E-state index contributed by atoms with van der Waals surface area (Å²) in [6.07, 6.45) is -9.71. The van der Waals surface area contributed by atoms with Crippen LogP contribution in [0.5, 0.6) is 0 Å². The Morgan fingerprint density at radius 3 is 1.59 bits per heavy atom. The molecule has 2 heterocycles. The van der Waals surface area contributed by atoms with E-state index in [1.165, 1.54) is 20.8 Å². The monoisotopic (exact) mass is 329 g/mol. The highest BCUT2D eigenvalue weighted by Crippen LogP contribution is 2.50. The molecule has 0 saturated carbocycles. The van der Waals surface area contributed by atoms with Crippen molar-refractivity contribution in [3.05, 3.63) is 23.3 Å². The van der Waals surface area contributed by atoms with Crippen molar-refractivity contribution in [2.24, 2.45) is 0 Å². The fourth-order valence-electron chi connectivity index (χ4n) is 2.54. The second-order valence-electron chi connectivity index (χ2n) is 5.99. The molecule has 2 bridgehead atoms. The molecule has 124 valence electrons. The summed E-state index contributed by atoms with van der Waals surface area (Å²) in [7, 11) is 0. The van der Waals surface area contributed by atoms with Crippen LogP contribution in [0.2, 0.25) is 0 Å². The first-order chi connectivity index (χ1) is 9.73. The first-order valence-corrected chi connectivity index (χ1v) is 6.31. The maximum Gasteiger partial charge on any atom is 0.415 e. The Hall–Kier alpha value is -1.67. The minimum Gasteiger partial charge on any atom is -0.444 e. The summed E-state index contributed by atoms with van der Waals surface area (Å²) >= 11 is 0. The van der Waals surface area contributed by atoms with Crippen LogP contribution < -0.4 is 0 Å². The Morgan fingerprint density at radius 2 is 1.32 bits per heavy atom. The van der Waals surface area contributed by atoms with E-state index in [0.717, 1.165) is 12.2 Å². The Labute approximate surface area is 122 Å². The quantitative estimate of drug-likeness (QED) is 0.497. The topological polar surface area (TPSA) is 29.5 Å². The summed E-state index contributed by atoms with van der Waals surface area (Å²) in [6.45, 7) is 4.41. The lowest BCUT2D eigenvalue weighted by Crippen LogP contribution is -2.43. The molecule has 2 aliphatic rings. The fraction of sp³-hybridized carbons (Fsp3) is 0.615. The third-order valence-corrected chi connectivity index (χ3v) is 3.17. The van der Waals surface area contributed by atoms with Crippen molar-refractivity contribution in [1.82, 2.24) is 4.90 Å². The number of amides is 1. The van der Waals surface area contributed by atoms with Gasteiger partial charge in [-0.15, -0.1) is 0 Å². The molecular formula is C13H13F6NO2. The first kappa shape index (κ1) is 16.7. The van der Waals surface area contributed by atoms with Gasteiger partial charge in [-0.2, -0.15) is 26.3 Å². The molecule has 2 rings (SSSR count). The Kier molecular flexibility index (Phi) is 3.54. The van der Waals surface area contributed by atoms with Gasteiger partial charge in [0.15, 0.2) is 0 Å². The second-order valence-corrected chi connectivity index (χ2v) is 5.99. The predicted octanol–water partition coefficient (Wildman–Crippen LogP) is 3.97. The minimum absolute atomic E-state index is 0.469. The van der Waals surface area contributed by atoms with Gasteiger partial charge in [0, 0.05) is 0 Å². The smallest absolute Gasteiger partial charge is 0.415 e. The molecule has 0 spiro atoms. The van der Waals surface area contributed by atoms with Crippen LogP contribution in [0.15, 0.2) is 23.3 Å². The molecule has 0 aromatic carbocycles. The Morgan fingerprint density at radius 1 is 0.955 bits per heavy atom. The molecule has 0 N–H and O–H groups in total. The number of alkyl halides is 6. The van der Waals surface area contributed by atoms with Crippen LogP contribution in [0.3, 0.4) is 0 Å². The number of hydrogen-bond donors (Lipinski definition) is 0. The van der Waals surface area contributed by atoms with Gasteiger partial charge in [0.1, 0.15) is 5.60 Å². The zero-order valence-corrected chi connectivity index (χ0v) is 11.8. The van der Waals surface area contributed by atoms with Gasteiger partial charge >= 0.3 is 18.4 Å². The zero-order chi connectivity index (χ0) is 17.1. The van der Waals surface area contributed by atoms with Gasteiger partial charge < -0.3 is 4.74 Å². The number of halogens is 6. The highest BCUT2D eigenvalue weighted by Gasteiger charge is 2.61. The number of nitrogens with zero attached hydrogens (tertiary/aromatic N) is 1. The van der Waals surface area contributed by atoms with Crippen molar-refractivity contribution in [2.45, 2.75) is 50.8 Å². The molecule has 0 saturated heterocycles. The molecule has 1 amide bonds. The fourth-order valence-corrected chi connectivity index (χ4v) is 2.54. The number of carbonyl (C=O) groups is 1. The average Bonchev–Trinajstić information content (AvgIpc) is 2.78. The van der Waals surface area contributed by atoms with Crippen LogP contribution >= 0.6 is 0 Å². The SMILES string of the molecule is CC(C)(C)OC(=O)N1C2C=CC1C(C(F)(F)F)=C2C(F)(F)F. The number of carbonyl (C=O) groups excluding carboxylic acids is 1. The molecule has 0 aromatic heterocycles. The molecule has 0 aromatic rings. The number of hydrogen-bond acceptors (Lipinski definition) is 2. The van der Waals surface area contributed by atoms with Crippen LogP contribution in [0, 0.1) is 0 Å². The summed E-state index contributed by atoms with van der Waals surface area (Å²) in [4.78, 5) is 12.4. The van der Waals surface area contributed by atoms with Crippen molar-refractivity contribution >= 4 is 6.09 Å². The van der Waals surface area contributed by atoms with E-state index in [0.29, 0.717) is 4.90 Å². The highest BCUT2D eigenvalue weighted by molar-refractivity contribution is 5.74. The van der Waals surface area contributed by atoms with Crippen LogP contribution in [0.4, 0.5) is 31.1 Å². The number of fused-ring (bicyclic) bond motifs is 2. The van der Waals surface area contributed by atoms with Crippen molar-refractivity contribution in [2.75, 3.05) is 0 Å². The summed E-state index contributed by atoms with van der Waals surface area (Å²) in [5.41, 5.74) is -4.53. The van der Waals surface area contributed by atoms with Crippen molar-refractivity contribution < 1.29 is 35.9 Å². The van der Waals surface area contributed by atoms with Crippen molar-refractivity contribution in [1.29, 1.82) is 0 Å². The van der Waals surface area contributed by atoms with E-state index in [-0.39, 0.29) is 0 Å². The number of rotatable bonds is 0. The third kappa shape index (κ3) is 2.80. The van der Waals surface area contributed by atoms with E-state index >= 15 is 0 Å². The van der Waals surface area contributed by atoms with Crippen LogP contribution in [-0.4, -0.2) is 41.0 Å². The normalized spacial score (nSPS) is 25.2. The molecule has 22 heavy (non-hydrogen) atoms. The van der Waals surface area contributed by atoms with Gasteiger partial charge in [-0.3, -0.25) is 4.90 Å². The second kappa shape index (κ2) is 4.66. The van der Waals surface area contributed by atoms with Crippen LogP contribution in [-0.2, 0) is 4.74 Å². The van der Waals surface area contributed by atoms with E-state index in [2.05, 4.69) is 0 Å². The largest absolute Gasteiger partial charge is 0.444 e. The van der Waals surface area contributed by atoms with Gasteiger partial charge in [0.25, 0.3) is 0 Å². The summed E-state index contributed by atoms with van der Waals surface area (Å²) in [6, 6.07) is -3.62. The molecule has 0 fully saturated rings. The molecule has 9 heteroatoms. The lowest BCUT2D eigenvalue weighted by molar-refractivity contribution is -0.115. The van der Waals surface area contributed by atoms with Crippen LogP contribution in [0.25, 0.3) is 0 Å². The summed E-state index contributed by atoms with van der Waals surface area (Å²) < 4.78 is 82.9. The molecular weight excluding hydrogens is 316 g/mol. The van der Waals surface area contributed by atoms with E-state index in [4.69, 9.17) is 4.74 Å². The molecule has 0 radical (unpaired) electrons. The molecule has 2 unspecified atom stereocenters. The van der Waals surface area contributed by atoms with Gasteiger partial charge in [-0.05, 0) is 20.8 Å². The molecule has 2 atom stereocenters. The maximum absolute atomic E-state index is 13.0. The highest BCUT2D eigenvalue weighted by atomic mass is 19.4. The maximum atomic E-state index is 13.0. The molecule has 3 nitrogen and oxygen atoms in total. The van der Waals surface area contributed by atoms with Gasteiger partial charge in [-0.25, -0.2) is 4.79 Å². The van der Waals surface area contributed by atoms with Gasteiger partial charge in [-0.1, -0.05) is 12.2 Å². The minimum atomic E-state index is -5.19. The summed E-state index contributed by atoms with van der Waals surface area (Å²) in [5.74, 6) is 0. The Bertz CT molecular complexity index is 518. The van der Waals surface area contributed by atoms with Gasteiger partial charge in [0.2, 0.25) is 0 Å². The van der Waals surface area contributed by atoms with E-state index in [9.17, 15) is 31.1 Å². The average molecular weight is 329 g/mol. The van der Waals surface area contributed by atoms with E-state index in [1.54, 1.807) is 0 Å². The standard InChI is InChI=1S/C13H13F6NO2/c1-11(2,3)22-10(21)20-6-4-5-7(20)9(13(17,18)19)8(6)12(14,15)16/h4-7H,1-3H3. The predicted molar refractivity (Wildman–Crippen MR) is 63.9 cm³/mol. The lowest BCUT2D eigenvalue weighted by Gasteiger charge is -2.28. The lowest BCUT2D eigenvalue weighted by atomic mass is 9.96. The van der Waals surface area contributed by atoms with Gasteiger partial charge in [0.05, 0.1) is 23.2 Å². The number of ether oxygens (including phenoxy) is 1.